The predicted molar refractivity (Wildman–Crippen MR) is 109 cm³/mol. The van der Waals surface area contributed by atoms with Gasteiger partial charge in [0.1, 0.15) is 6.10 Å². The molecule has 4 heteroatoms. The summed E-state index contributed by atoms with van der Waals surface area (Å²) >= 11 is 0. The molecule has 1 unspecified atom stereocenters. The third-order valence-electron chi connectivity index (χ3n) is 4.74. The SMILES string of the molecule is CC(C)CCCCCCC(CCC(C)C)OC(=O)c1cccc(C(=O)O)c1. The molecule has 1 N–H and O–H groups in total. The van der Waals surface area contributed by atoms with E-state index in [2.05, 4.69) is 27.7 Å². The minimum Gasteiger partial charge on any atom is -0.478 e. The topological polar surface area (TPSA) is 63.6 Å². The minimum atomic E-state index is -1.04. The number of carbonyl (C=O) groups excluding carboxylic acids is 1. The minimum absolute atomic E-state index is 0.0986. The number of hydrogen-bond donors (Lipinski definition) is 1. The summed E-state index contributed by atoms with van der Waals surface area (Å²) in [6, 6.07) is 6.06. The van der Waals surface area contributed by atoms with E-state index in [0.717, 1.165) is 38.0 Å². The van der Waals surface area contributed by atoms with Gasteiger partial charge in [0.05, 0.1) is 11.1 Å². The average Bonchev–Trinajstić information content (AvgIpc) is 2.61. The molecule has 4 nitrogen and oxygen atoms in total. The molecule has 0 heterocycles. The van der Waals surface area contributed by atoms with Gasteiger partial charge >= 0.3 is 11.9 Å². The number of carboxylic acid groups (broad SMARTS) is 1. The van der Waals surface area contributed by atoms with E-state index in [4.69, 9.17) is 9.84 Å². The summed E-state index contributed by atoms with van der Waals surface area (Å²) in [4.78, 5) is 23.6. The lowest BCUT2D eigenvalue weighted by Crippen LogP contribution is -2.19. The molecule has 0 saturated carbocycles. The fourth-order valence-electron chi connectivity index (χ4n) is 3.06. The molecule has 1 aromatic rings. The van der Waals surface area contributed by atoms with Crippen molar-refractivity contribution in [1.29, 1.82) is 0 Å². The fraction of sp³-hybridized carbons (Fsp3) is 0.652. The van der Waals surface area contributed by atoms with Crippen LogP contribution in [0.15, 0.2) is 24.3 Å². The molecule has 0 radical (unpaired) electrons. The van der Waals surface area contributed by atoms with Crippen LogP contribution in [-0.4, -0.2) is 23.1 Å². The molecule has 0 spiro atoms. The smallest absolute Gasteiger partial charge is 0.338 e. The van der Waals surface area contributed by atoms with Crippen LogP contribution in [0.2, 0.25) is 0 Å². The first-order chi connectivity index (χ1) is 12.8. The zero-order valence-electron chi connectivity index (χ0n) is 17.4. The van der Waals surface area contributed by atoms with Crippen LogP contribution < -0.4 is 0 Å². The Kier molecular flexibility index (Phi) is 10.8. The maximum Gasteiger partial charge on any atom is 0.338 e. The van der Waals surface area contributed by atoms with Gasteiger partial charge in [-0.05, 0) is 55.7 Å². The van der Waals surface area contributed by atoms with E-state index in [9.17, 15) is 9.59 Å². The zero-order valence-corrected chi connectivity index (χ0v) is 17.4. The van der Waals surface area contributed by atoms with Crippen LogP contribution in [0.5, 0.6) is 0 Å². The zero-order chi connectivity index (χ0) is 20.2. The van der Waals surface area contributed by atoms with E-state index in [1.54, 1.807) is 12.1 Å². The number of carboxylic acids is 1. The average molecular weight is 377 g/mol. The quantitative estimate of drug-likeness (QED) is 0.322. The Morgan fingerprint density at radius 2 is 1.44 bits per heavy atom. The van der Waals surface area contributed by atoms with Gasteiger partial charge in [0.25, 0.3) is 0 Å². The Balaban J connectivity index is 2.56. The molecule has 0 aromatic heterocycles. The lowest BCUT2D eigenvalue weighted by molar-refractivity contribution is 0.0242. The lowest BCUT2D eigenvalue weighted by atomic mass is 9.99. The Bertz CT molecular complexity index is 577. The van der Waals surface area contributed by atoms with Gasteiger partial charge in [-0.15, -0.1) is 0 Å². The van der Waals surface area contributed by atoms with Crippen molar-refractivity contribution in [2.24, 2.45) is 11.8 Å². The number of esters is 1. The van der Waals surface area contributed by atoms with E-state index >= 15 is 0 Å². The van der Waals surface area contributed by atoms with Crippen LogP contribution in [0.1, 0.15) is 99.8 Å². The van der Waals surface area contributed by atoms with Gasteiger partial charge in [0, 0.05) is 0 Å². The van der Waals surface area contributed by atoms with Crippen molar-refractivity contribution >= 4 is 11.9 Å². The first-order valence-corrected chi connectivity index (χ1v) is 10.3. The lowest BCUT2D eigenvalue weighted by Gasteiger charge is -2.19. The number of ether oxygens (including phenoxy) is 1. The molecular weight excluding hydrogens is 340 g/mol. The first kappa shape index (κ1) is 23.2. The van der Waals surface area contributed by atoms with Crippen molar-refractivity contribution in [3.63, 3.8) is 0 Å². The van der Waals surface area contributed by atoms with Crippen molar-refractivity contribution in [1.82, 2.24) is 0 Å². The molecule has 0 amide bonds. The summed E-state index contributed by atoms with van der Waals surface area (Å²) in [5, 5.41) is 9.09. The van der Waals surface area contributed by atoms with E-state index in [1.807, 2.05) is 0 Å². The molecule has 1 aromatic carbocycles. The van der Waals surface area contributed by atoms with E-state index in [0.29, 0.717) is 11.5 Å². The van der Waals surface area contributed by atoms with Gasteiger partial charge in [0.2, 0.25) is 0 Å². The maximum atomic E-state index is 12.5. The van der Waals surface area contributed by atoms with Crippen LogP contribution in [0.3, 0.4) is 0 Å². The van der Waals surface area contributed by atoms with Crippen LogP contribution in [0.25, 0.3) is 0 Å². The fourth-order valence-corrected chi connectivity index (χ4v) is 3.06. The number of rotatable bonds is 13. The normalized spacial score (nSPS) is 12.4. The largest absolute Gasteiger partial charge is 0.478 e. The van der Waals surface area contributed by atoms with Gasteiger partial charge in [0.15, 0.2) is 0 Å². The number of hydrogen-bond acceptors (Lipinski definition) is 3. The van der Waals surface area contributed by atoms with Crippen LogP contribution in [-0.2, 0) is 4.74 Å². The van der Waals surface area contributed by atoms with Crippen molar-refractivity contribution in [3.8, 4) is 0 Å². The molecular formula is C23H36O4. The molecule has 0 aliphatic rings. The Labute approximate surface area is 164 Å². The molecule has 1 rings (SSSR count). The molecule has 0 aliphatic carbocycles. The first-order valence-electron chi connectivity index (χ1n) is 10.3. The molecule has 0 saturated heterocycles. The van der Waals surface area contributed by atoms with Crippen LogP contribution in [0.4, 0.5) is 0 Å². The van der Waals surface area contributed by atoms with E-state index in [1.165, 1.54) is 31.4 Å². The van der Waals surface area contributed by atoms with E-state index < -0.39 is 11.9 Å². The molecule has 0 aliphatic heterocycles. The van der Waals surface area contributed by atoms with Crippen LogP contribution in [0, 0.1) is 11.8 Å². The summed E-state index contributed by atoms with van der Waals surface area (Å²) in [7, 11) is 0. The third kappa shape index (κ3) is 10.2. The highest BCUT2D eigenvalue weighted by Gasteiger charge is 2.17. The molecule has 0 bridgehead atoms. The number of benzene rings is 1. The highest BCUT2D eigenvalue weighted by atomic mass is 16.5. The van der Waals surface area contributed by atoms with E-state index in [-0.39, 0.29) is 11.7 Å². The van der Waals surface area contributed by atoms with Gasteiger partial charge in [-0.2, -0.15) is 0 Å². The van der Waals surface area contributed by atoms with Crippen molar-refractivity contribution < 1.29 is 19.4 Å². The summed E-state index contributed by atoms with van der Waals surface area (Å²) in [6.07, 6.45) is 8.62. The molecule has 0 fully saturated rings. The predicted octanol–water partition coefficient (Wildman–Crippen LogP) is 6.34. The summed E-state index contributed by atoms with van der Waals surface area (Å²) in [6.45, 7) is 8.84. The van der Waals surface area contributed by atoms with Gasteiger partial charge in [-0.3, -0.25) is 0 Å². The highest BCUT2D eigenvalue weighted by Crippen LogP contribution is 2.19. The number of aromatic carboxylic acids is 1. The van der Waals surface area contributed by atoms with Crippen LogP contribution >= 0.6 is 0 Å². The Morgan fingerprint density at radius 3 is 2.04 bits per heavy atom. The van der Waals surface area contributed by atoms with Crippen molar-refractivity contribution in [2.45, 2.75) is 85.2 Å². The van der Waals surface area contributed by atoms with Gasteiger partial charge < -0.3 is 9.84 Å². The summed E-state index contributed by atoms with van der Waals surface area (Å²) in [5.74, 6) is -0.145. The summed E-state index contributed by atoms with van der Waals surface area (Å²) < 4.78 is 5.73. The second-order valence-electron chi connectivity index (χ2n) is 8.27. The Morgan fingerprint density at radius 1 is 0.852 bits per heavy atom. The second-order valence-corrected chi connectivity index (χ2v) is 8.27. The molecule has 1 atom stereocenters. The monoisotopic (exact) mass is 376 g/mol. The maximum absolute atomic E-state index is 12.5. The number of unbranched alkanes of at least 4 members (excludes halogenated alkanes) is 3. The molecule has 27 heavy (non-hydrogen) atoms. The molecule has 152 valence electrons. The van der Waals surface area contributed by atoms with Crippen molar-refractivity contribution in [2.75, 3.05) is 0 Å². The summed E-state index contributed by atoms with van der Waals surface area (Å²) in [5.41, 5.74) is 0.412. The standard InChI is InChI=1S/C23H36O4/c1-17(2)10-7-5-6-8-13-21(15-14-18(3)4)27-23(26)20-12-9-11-19(16-20)22(24)25/h9,11-12,16-18,21H,5-8,10,13-15H2,1-4H3,(H,24,25). The van der Waals surface area contributed by atoms with Crippen molar-refractivity contribution in [3.05, 3.63) is 35.4 Å². The Hall–Kier alpha value is -1.84. The number of carbonyl (C=O) groups is 2. The third-order valence-corrected chi connectivity index (χ3v) is 4.74. The van der Waals surface area contributed by atoms with Gasteiger partial charge in [-0.25, -0.2) is 9.59 Å². The second kappa shape index (κ2) is 12.5. The van der Waals surface area contributed by atoms with Gasteiger partial charge in [-0.1, -0.05) is 59.4 Å². The highest BCUT2D eigenvalue weighted by molar-refractivity contribution is 5.94.